The number of fused-ring (bicyclic) bond motifs is 3. The van der Waals surface area contributed by atoms with E-state index in [4.69, 9.17) is 0 Å². The van der Waals surface area contributed by atoms with E-state index >= 15 is 0 Å². The zero-order valence-electron chi connectivity index (χ0n) is 14.8. The molecular formula is C20H22N2O4S. The van der Waals surface area contributed by atoms with Gasteiger partial charge in [-0.1, -0.05) is 48.5 Å². The molecule has 0 radical (unpaired) electrons. The SMILES string of the molecule is O=C(NC1c2ccccc2-c2ccccc21)N(CCO)[C@H]1CCS(=O)(=O)C1. The summed E-state index contributed by atoms with van der Waals surface area (Å²) in [4.78, 5) is 14.5. The number of amides is 2. The molecule has 1 saturated heterocycles. The number of carbonyl (C=O) groups excluding carboxylic acids is 1. The highest BCUT2D eigenvalue weighted by atomic mass is 32.2. The second kappa shape index (κ2) is 6.98. The average molecular weight is 386 g/mol. The number of urea groups is 1. The molecule has 2 amide bonds. The van der Waals surface area contributed by atoms with Crippen molar-refractivity contribution in [2.45, 2.75) is 18.5 Å². The van der Waals surface area contributed by atoms with Crippen molar-refractivity contribution in [2.24, 2.45) is 0 Å². The van der Waals surface area contributed by atoms with Crippen LogP contribution in [-0.2, 0) is 9.84 Å². The van der Waals surface area contributed by atoms with Gasteiger partial charge < -0.3 is 15.3 Å². The summed E-state index contributed by atoms with van der Waals surface area (Å²) < 4.78 is 23.6. The first-order valence-corrected chi connectivity index (χ1v) is 10.9. The molecule has 1 aliphatic carbocycles. The quantitative estimate of drug-likeness (QED) is 0.841. The standard InChI is InChI=1S/C20H22N2O4S/c23-11-10-22(14-9-12-27(25,26)13-14)20(24)21-19-17-7-3-1-5-15(17)16-6-2-4-8-18(16)19/h1-8,14,19,23H,9-13H2,(H,21,24)/t14-/m0/s1. The second-order valence-corrected chi connectivity index (χ2v) is 9.26. The lowest BCUT2D eigenvalue weighted by molar-refractivity contribution is 0.156. The first-order chi connectivity index (χ1) is 13.0. The Balaban J connectivity index is 1.62. The molecule has 2 aliphatic rings. The monoisotopic (exact) mass is 386 g/mol. The number of aliphatic hydroxyl groups excluding tert-OH is 1. The van der Waals surface area contributed by atoms with E-state index < -0.39 is 15.9 Å². The van der Waals surface area contributed by atoms with Gasteiger partial charge in [-0.3, -0.25) is 0 Å². The molecular weight excluding hydrogens is 364 g/mol. The molecule has 1 aliphatic heterocycles. The van der Waals surface area contributed by atoms with Gasteiger partial charge in [-0.25, -0.2) is 13.2 Å². The van der Waals surface area contributed by atoms with Crippen LogP contribution in [0.1, 0.15) is 23.6 Å². The van der Waals surface area contributed by atoms with Crippen LogP contribution in [0.15, 0.2) is 48.5 Å². The van der Waals surface area contributed by atoms with Gasteiger partial charge in [-0.15, -0.1) is 0 Å². The summed E-state index contributed by atoms with van der Waals surface area (Å²) in [5.74, 6) is 0.0419. The van der Waals surface area contributed by atoms with Crippen molar-refractivity contribution in [3.8, 4) is 11.1 Å². The smallest absolute Gasteiger partial charge is 0.318 e. The Bertz CT molecular complexity index is 928. The molecule has 2 N–H and O–H groups in total. The van der Waals surface area contributed by atoms with Crippen LogP contribution in [-0.4, -0.2) is 55.2 Å². The fourth-order valence-corrected chi connectivity index (χ4v) is 5.83. The molecule has 2 aromatic carbocycles. The molecule has 1 atom stereocenters. The molecule has 0 aromatic heterocycles. The first-order valence-electron chi connectivity index (χ1n) is 9.07. The normalized spacial score (nSPS) is 20.1. The van der Waals surface area contributed by atoms with Gasteiger partial charge in [0.25, 0.3) is 0 Å². The fraction of sp³-hybridized carbons (Fsp3) is 0.350. The van der Waals surface area contributed by atoms with Gasteiger partial charge in [0.05, 0.1) is 24.2 Å². The number of sulfone groups is 1. The second-order valence-electron chi connectivity index (χ2n) is 7.03. The van der Waals surface area contributed by atoms with Crippen molar-refractivity contribution in [3.05, 3.63) is 59.7 Å². The lowest BCUT2D eigenvalue weighted by Gasteiger charge is -2.29. The van der Waals surface area contributed by atoms with E-state index in [1.165, 1.54) is 4.90 Å². The summed E-state index contributed by atoms with van der Waals surface area (Å²) in [5, 5.41) is 12.4. The Kier molecular flexibility index (Phi) is 4.65. The predicted octanol–water partition coefficient (Wildman–Crippen LogP) is 1.95. The van der Waals surface area contributed by atoms with E-state index in [0.717, 1.165) is 22.3 Å². The van der Waals surface area contributed by atoms with Crippen LogP contribution in [0.4, 0.5) is 4.79 Å². The topological polar surface area (TPSA) is 86.7 Å². The minimum atomic E-state index is -3.12. The van der Waals surface area contributed by atoms with E-state index in [1.54, 1.807) is 0 Å². The Hall–Kier alpha value is -2.38. The first kappa shape index (κ1) is 18.0. The molecule has 142 valence electrons. The number of hydrogen-bond acceptors (Lipinski definition) is 4. The van der Waals surface area contributed by atoms with Crippen LogP contribution in [0.5, 0.6) is 0 Å². The number of nitrogens with one attached hydrogen (secondary N) is 1. The third-order valence-electron chi connectivity index (χ3n) is 5.35. The minimum absolute atomic E-state index is 0.0434. The number of rotatable bonds is 4. The van der Waals surface area contributed by atoms with E-state index in [2.05, 4.69) is 5.32 Å². The van der Waals surface area contributed by atoms with Crippen LogP contribution < -0.4 is 5.32 Å². The van der Waals surface area contributed by atoms with Gasteiger partial charge in [-0.05, 0) is 28.7 Å². The molecule has 2 aromatic rings. The third kappa shape index (κ3) is 3.33. The van der Waals surface area contributed by atoms with Crippen LogP contribution in [0.3, 0.4) is 0 Å². The van der Waals surface area contributed by atoms with Crippen molar-refractivity contribution < 1.29 is 18.3 Å². The van der Waals surface area contributed by atoms with Gasteiger partial charge in [0, 0.05) is 12.6 Å². The van der Waals surface area contributed by atoms with E-state index in [9.17, 15) is 18.3 Å². The lowest BCUT2D eigenvalue weighted by atomic mass is 10.1. The molecule has 1 heterocycles. The Labute approximate surface area is 158 Å². The molecule has 6 nitrogen and oxygen atoms in total. The Morgan fingerprint density at radius 3 is 2.19 bits per heavy atom. The molecule has 4 rings (SSSR count). The summed E-state index contributed by atoms with van der Waals surface area (Å²) >= 11 is 0. The highest BCUT2D eigenvalue weighted by Crippen LogP contribution is 2.43. The van der Waals surface area contributed by atoms with Crippen molar-refractivity contribution in [1.82, 2.24) is 10.2 Å². The summed E-state index contributed by atoms with van der Waals surface area (Å²) in [6.45, 7) is -0.0934. The van der Waals surface area contributed by atoms with Crippen LogP contribution >= 0.6 is 0 Å². The van der Waals surface area contributed by atoms with Crippen molar-refractivity contribution >= 4 is 15.9 Å². The molecule has 0 spiro atoms. The van der Waals surface area contributed by atoms with Gasteiger partial charge in [0.2, 0.25) is 0 Å². The van der Waals surface area contributed by atoms with Crippen LogP contribution in [0.2, 0.25) is 0 Å². The van der Waals surface area contributed by atoms with Crippen molar-refractivity contribution in [2.75, 3.05) is 24.7 Å². The number of benzene rings is 2. The van der Waals surface area contributed by atoms with Crippen molar-refractivity contribution in [1.29, 1.82) is 0 Å². The Morgan fingerprint density at radius 2 is 1.67 bits per heavy atom. The fourth-order valence-electron chi connectivity index (χ4n) is 4.10. The highest BCUT2D eigenvalue weighted by Gasteiger charge is 2.36. The number of aliphatic hydroxyl groups is 1. The molecule has 27 heavy (non-hydrogen) atoms. The third-order valence-corrected chi connectivity index (χ3v) is 7.10. The molecule has 1 fully saturated rings. The maximum Gasteiger partial charge on any atom is 0.318 e. The highest BCUT2D eigenvalue weighted by molar-refractivity contribution is 7.91. The summed E-state index contributed by atoms with van der Waals surface area (Å²) in [5.41, 5.74) is 4.23. The van der Waals surface area contributed by atoms with Crippen molar-refractivity contribution in [3.63, 3.8) is 0 Å². The predicted molar refractivity (Wildman–Crippen MR) is 103 cm³/mol. The molecule has 7 heteroatoms. The van der Waals surface area contributed by atoms with E-state index in [0.29, 0.717) is 6.42 Å². The zero-order chi connectivity index (χ0) is 19.0. The molecule has 0 saturated carbocycles. The van der Waals surface area contributed by atoms with Gasteiger partial charge in [-0.2, -0.15) is 0 Å². The number of hydrogen-bond donors (Lipinski definition) is 2. The zero-order valence-corrected chi connectivity index (χ0v) is 15.7. The van der Waals surface area contributed by atoms with E-state index in [1.807, 2.05) is 48.5 Å². The number of carbonyl (C=O) groups is 1. The maximum absolute atomic E-state index is 13.0. The summed E-state index contributed by atoms with van der Waals surface area (Å²) in [6, 6.07) is 14.9. The van der Waals surface area contributed by atoms with Crippen LogP contribution in [0.25, 0.3) is 11.1 Å². The lowest BCUT2D eigenvalue weighted by Crippen LogP contribution is -2.48. The summed E-state index contributed by atoms with van der Waals surface area (Å²) in [6.07, 6.45) is 0.410. The maximum atomic E-state index is 13.0. The Morgan fingerprint density at radius 1 is 1.07 bits per heavy atom. The minimum Gasteiger partial charge on any atom is -0.395 e. The van der Waals surface area contributed by atoms with Gasteiger partial charge >= 0.3 is 6.03 Å². The number of nitrogens with zero attached hydrogens (tertiary/aromatic N) is 1. The molecule has 0 unspecified atom stereocenters. The summed E-state index contributed by atoms with van der Waals surface area (Å²) in [7, 11) is -3.12. The van der Waals surface area contributed by atoms with Crippen LogP contribution in [0, 0.1) is 0 Å². The largest absolute Gasteiger partial charge is 0.395 e. The average Bonchev–Trinajstić information content (AvgIpc) is 3.18. The van der Waals surface area contributed by atoms with E-state index in [-0.39, 0.29) is 36.7 Å². The van der Waals surface area contributed by atoms with Gasteiger partial charge in [0.1, 0.15) is 0 Å². The van der Waals surface area contributed by atoms with Gasteiger partial charge in [0.15, 0.2) is 9.84 Å². The molecule has 0 bridgehead atoms.